The molecular formula is C16H25N3O. The van der Waals surface area contributed by atoms with Gasteiger partial charge in [0.2, 0.25) is 0 Å². The van der Waals surface area contributed by atoms with Crippen molar-refractivity contribution < 1.29 is 4.79 Å². The van der Waals surface area contributed by atoms with Gasteiger partial charge in [-0.15, -0.1) is 0 Å². The number of hydrogen-bond donors (Lipinski definition) is 1. The number of carbonyl (C=O) groups is 1. The van der Waals surface area contributed by atoms with E-state index in [2.05, 4.69) is 31.1 Å². The van der Waals surface area contributed by atoms with Gasteiger partial charge in [0.15, 0.2) is 0 Å². The first-order chi connectivity index (χ1) is 9.35. The fraction of sp³-hybridized carbons (Fsp3) is 0.562. The SMILES string of the molecule is CNc1ccc(C(=O)N2CCN(C)C(C)(C)C2)c(C)c1. The summed E-state index contributed by atoms with van der Waals surface area (Å²) < 4.78 is 0. The number of rotatable bonds is 2. The van der Waals surface area contributed by atoms with Crippen LogP contribution in [0.2, 0.25) is 0 Å². The molecule has 1 heterocycles. The highest BCUT2D eigenvalue weighted by molar-refractivity contribution is 5.96. The summed E-state index contributed by atoms with van der Waals surface area (Å²) >= 11 is 0. The molecule has 1 aromatic rings. The van der Waals surface area contributed by atoms with Crippen LogP contribution in [-0.4, -0.2) is 55.0 Å². The minimum absolute atomic E-state index is 0.0345. The van der Waals surface area contributed by atoms with Crippen LogP contribution in [0.1, 0.15) is 29.8 Å². The molecule has 2 rings (SSSR count). The standard InChI is InChI=1S/C16H25N3O/c1-12-10-13(17-4)6-7-14(12)15(20)19-9-8-18(5)16(2,3)11-19/h6-7,10,17H,8-9,11H2,1-5H3. The number of piperazine rings is 1. The summed E-state index contributed by atoms with van der Waals surface area (Å²) in [4.78, 5) is 17.0. The minimum Gasteiger partial charge on any atom is -0.388 e. The van der Waals surface area contributed by atoms with Gasteiger partial charge in [-0.05, 0) is 51.6 Å². The largest absolute Gasteiger partial charge is 0.388 e. The smallest absolute Gasteiger partial charge is 0.254 e. The molecule has 0 saturated carbocycles. The minimum atomic E-state index is 0.0345. The lowest BCUT2D eigenvalue weighted by Crippen LogP contribution is -2.58. The van der Waals surface area contributed by atoms with Crippen LogP contribution in [0.3, 0.4) is 0 Å². The Bertz CT molecular complexity index is 510. The number of anilines is 1. The predicted molar refractivity (Wildman–Crippen MR) is 83.3 cm³/mol. The molecule has 1 aromatic carbocycles. The molecule has 4 heteroatoms. The van der Waals surface area contributed by atoms with Gasteiger partial charge in [-0.3, -0.25) is 9.69 Å². The molecule has 1 fully saturated rings. The molecule has 1 aliphatic heterocycles. The van der Waals surface area contributed by atoms with E-state index in [1.54, 1.807) is 0 Å². The molecular weight excluding hydrogens is 250 g/mol. The van der Waals surface area contributed by atoms with Crippen LogP contribution < -0.4 is 5.32 Å². The first kappa shape index (κ1) is 14.9. The molecule has 0 atom stereocenters. The maximum Gasteiger partial charge on any atom is 0.254 e. The van der Waals surface area contributed by atoms with Crippen LogP contribution in [0.25, 0.3) is 0 Å². The van der Waals surface area contributed by atoms with E-state index in [9.17, 15) is 4.79 Å². The van der Waals surface area contributed by atoms with Gasteiger partial charge in [-0.2, -0.15) is 0 Å². The van der Waals surface area contributed by atoms with Crippen LogP contribution in [0.15, 0.2) is 18.2 Å². The van der Waals surface area contributed by atoms with E-state index < -0.39 is 0 Å². The van der Waals surface area contributed by atoms with Crippen molar-refractivity contribution in [3.05, 3.63) is 29.3 Å². The Morgan fingerprint density at radius 3 is 2.55 bits per heavy atom. The number of amides is 1. The molecule has 0 spiro atoms. The summed E-state index contributed by atoms with van der Waals surface area (Å²) in [6, 6.07) is 5.91. The highest BCUT2D eigenvalue weighted by Crippen LogP contribution is 2.22. The summed E-state index contributed by atoms with van der Waals surface area (Å²) in [6.07, 6.45) is 0. The van der Waals surface area contributed by atoms with Gasteiger partial charge in [0.1, 0.15) is 0 Å². The average molecular weight is 275 g/mol. The second-order valence-electron chi connectivity index (χ2n) is 6.24. The Morgan fingerprint density at radius 1 is 1.30 bits per heavy atom. The van der Waals surface area contributed by atoms with Crippen LogP contribution in [0, 0.1) is 6.92 Å². The molecule has 0 aromatic heterocycles. The molecule has 0 unspecified atom stereocenters. The van der Waals surface area contributed by atoms with Crippen molar-refractivity contribution in [2.75, 3.05) is 39.0 Å². The molecule has 20 heavy (non-hydrogen) atoms. The Hall–Kier alpha value is -1.55. The third kappa shape index (κ3) is 2.80. The molecule has 1 amide bonds. The second kappa shape index (κ2) is 5.44. The number of hydrogen-bond acceptors (Lipinski definition) is 3. The van der Waals surface area contributed by atoms with Crippen molar-refractivity contribution in [3.63, 3.8) is 0 Å². The number of nitrogens with zero attached hydrogens (tertiary/aromatic N) is 2. The Kier molecular flexibility index (Phi) is 4.04. The van der Waals surface area contributed by atoms with E-state index in [-0.39, 0.29) is 11.4 Å². The Morgan fingerprint density at radius 2 is 2.00 bits per heavy atom. The lowest BCUT2D eigenvalue weighted by atomic mass is 9.98. The highest BCUT2D eigenvalue weighted by atomic mass is 16.2. The van der Waals surface area contributed by atoms with Gasteiger partial charge in [0.25, 0.3) is 5.91 Å². The molecule has 1 saturated heterocycles. The summed E-state index contributed by atoms with van der Waals surface area (Å²) in [5, 5.41) is 3.10. The lowest BCUT2D eigenvalue weighted by molar-refractivity contribution is 0.0311. The summed E-state index contributed by atoms with van der Waals surface area (Å²) in [6.45, 7) is 8.86. The summed E-state index contributed by atoms with van der Waals surface area (Å²) in [5.74, 6) is 0.145. The van der Waals surface area contributed by atoms with Crippen LogP contribution >= 0.6 is 0 Å². The maximum absolute atomic E-state index is 12.7. The molecule has 0 radical (unpaired) electrons. The maximum atomic E-state index is 12.7. The van der Waals surface area contributed by atoms with Crippen LogP contribution in [0.5, 0.6) is 0 Å². The number of benzene rings is 1. The third-order valence-electron chi connectivity index (χ3n) is 4.35. The topological polar surface area (TPSA) is 35.6 Å². The quantitative estimate of drug-likeness (QED) is 0.899. The van der Waals surface area contributed by atoms with Crippen molar-refractivity contribution in [2.45, 2.75) is 26.3 Å². The Labute approximate surface area is 121 Å². The van der Waals surface area contributed by atoms with Crippen molar-refractivity contribution in [1.29, 1.82) is 0 Å². The number of aryl methyl sites for hydroxylation is 1. The number of likely N-dealkylation sites (N-methyl/N-ethyl adjacent to an activating group) is 1. The van der Waals surface area contributed by atoms with Gasteiger partial charge in [0.05, 0.1) is 0 Å². The van der Waals surface area contributed by atoms with Crippen LogP contribution in [0.4, 0.5) is 5.69 Å². The van der Waals surface area contributed by atoms with Crippen molar-refractivity contribution >= 4 is 11.6 Å². The van der Waals surface area contributed by atoms with E-state index in [1.165, 1.54) is 0 Å². The van der Waals surface area contributed by atoms with Gasteiger partial charge >= 0.3 is 0 Å². The monoisotopic (exact) mass is 275 g/mol. The molecule has 1 aliphatic rings. The van der Waals surface area contributed by atoms with E-state index in [0.717, 1.165) is 36.4 Å². The van der Waals surface area contributed by atoms with Crippen molar-refractivity contribution in [3.8, 4) is 0 Å². The lowest BCUT2D eigenvalue weighted by Gasteiger charge is -2.45. The summed E-state index contributed by atoms with van der Waals surface area (Å²) in [5.41, 5.74) is 2.91. The van der Waals surface area contributed by atoms with Gasteiger partial charge < -0.3 is 10.2 Å². The normalized spacial score (nSPS) is 18.9. The molecule has 4 nitrogen and oxygen atoms in total. The predicted octanol–water partition coefficient (Wildman–Crippen LogP) is 2.20. The number of nitrogens with one attached hydrogen (secondary N) is 1. The summed E-state index contributed by atoms with van der Waals surface area (Å²) in [7, 11) is 4.01. The van der Waals surface area contributed by atoms with Crippen molar-refractivity contribution in [1.82, 2.24) is 9.80 Å². The van der Waals surface area contributed by atoms with Gasteiger partial charge in [-0.25, -0.2) is 0 Å². The van der Waals surface area contributed by atoms with E-state index >= 15 is 0 Å². The third-order valence-corrected chi connectivity index (χ3v) is 4.35. The van der Waals surface area contributed by atoms with E-state index in [0.29, 0.717) is 0 Å². The first-order valence-electron chi connectivity index (χ1n) is 7.14. The molecule has 0 aliphatic carbocycles. The molecule has 1 N–H and O–H groups in total. The van der Waals surface area contributed by atoms with Crippen LogP contribution in [-0.2, 0) is 0 Å². The Balaban J connectivity index is 2.20. The van der Waals surface area contributed by atoms with E-state index in [4.69, 9.17) is 0 Å². The highest BCUT2D eigenvalue weighted by Gasteiger charge is 2.33. The van der Waals surface area contributed by atoms with E-state index in [1.807, 2.05) is 37.1 Å². The van der Waals surface area contributed by atoms with Gasteiger partial charge in [0, 0.05) is 43.5 Å². The average Bonchev–Trinajstić information content (AvgIpc) is 2.41. The second-order valence-corrected chi connectivity index (χ2v) is 6.24. The zero-order chi connectivity index (χ0) is 14.9. The fourth-order valence-corrected chi connectivity index (χ4v) is 2.64. The zero-order valence-electron chi connectivity index (χ0n) is 13.2. The van der Waals surface area contributed by atoms with Gasteiger partial charge in [-0.1, -0.05) is 0 Å². The number of carbonyl (C=O) groups excluding carboxylic acids is 1. The fourth-order valence-electron chi connectivity index (χ4n) is 2.64. The first-order valence-corrected chi connectivity index (χ1v) is 7.14. The molecule has 110 valence electrons. The van der Waals surface area contributed by atoms with Crippen molar-refractivity contribution in [2.24, 2.45) is 0 Å². The zero-order valence-corrected chi connectivity index (χ0v) is 13.2. The molecule has 0 bridgehead atoms.